The summed E-state index contributed by atoms with van der Waals surface area (Å²) >= 11 is 0. The van der Waals surface area contributed by atoms with Gasteiger partial charge >= 0.3 is 6.09 Å². The molecule has 0 aromatic heterocycles. The lowest BCUT2D eigenvalue weighted by molar-refractivity contribution is 0.143. The van der Waals surface area contributed by atoms with E-state index in [2.05, 4.69) is 84.2 Å². The zero-order valence-electron chi connectivity index (χ0n) is 19.0. The highest BCUT2D eigenvalue weighted by Gasteiger charge is 2.28. The van der Waals surface area contributed by atoms with E-state index in [1.54, 1.807) is 0 Å². The van der Waals surface area contributed by atoms with Gasteiger partial charge < -0.3 is 10.1 Å². The first kappa shape index (κ1) is 21.7. The minimum Gasteiger partial charge on any atom is -0.449 e. The van der Waals surface area contributed by atoms with E-state index in [9.17, 15) is 4.79 Å². The molecule has 0 saturated heterocycles. The number of alkyl carbamates (subject to hydrolysis) is 1. The van der Waals surface area contributed by atoms with Crippen LogP contribution in [0.4, 0.5) is 4.79 Å². The molecule has 0 unspecified atom stereocenters. The summed E-state index contributed by atoms with van der Waals surface area (Å²) in [4.78, 5) is 12.3. The zero-order valence-corrected chi connectivity index (χ0v) is 19.0. The average molecular weight is 446 g/mol. The molecule has 3 heteroatoms. The number of amides is 1. The van der Waals surface area contributed by atoms with Gasteiger partial charge in [-0.05, 0) is 45.4 Å². The monoisotopic (exact) mass is 445 g/mol. The van der Waals surface area contributed by atoms with E-state index < -0.39 is 0 Å². The minimum atomic E-state index is -0.375. The van der Waals surface area contributed by atoms with Gasteiger partial charge in [0, 0.05) is 12.5 Å². The highest BCUT2D eigenvalue weighted by atomic mass is 16.5. The highest BCUT2D eigenvalue weighted by molar-refractivity contribution is 5.79. The molecule has 1 N–H and O–H groups in total. The molecule has 0 radical (unpaired) electrons. The van der Waals surface area contributed by atoms with Crippen LogP contribution in [0.2, 0.25) is 0 Å². The predicted octanol–water partition coefficient (Wildman–Crippen LogP) is 7.30. The fraction of sp³-hybridized carbons (Fsp3) is 0.129. The van der Waals surface area contributed by atoms with Crippen molar-refractivity contribution in [3.8, 4) is 22.3 Å². The fourth-order valence-electron chi connectivity index (χ4n) is 4.64. The lowest BCUT2D eigenvalue weighted by Gasteiger charge is -2.14. The molecular formula is C31H27NO2. The second-order valence-corrected chi connectivity index (χ2v) is 8.40. The quantitative estimate of drug-likeness (QED) is 0.303. The molecule has 34 heavy (non-hydrogen) atoms. The Balaban J connectivity index is 1.14. The van der Waals surface area contributed by atoms with Crippen molar-refractivity contribution in [1.29, 1.82) is 0 Å². The molecule has 1 amide bonds. The van der Waals surface area contributed by atoms with Crippen molar-refractivity contribution in [3.63, 3.8) is 0 Å². The molecule has 0 saturated carbocycles. The molecule has 168 valence electrons. The van der Waals surface area contributed by atoms with Crippen LogP contribution in [0.15, 0.2) is 109 Å². The van der Waals surface area contributed by atoms with Crippen molar-refractivity contribution in [1.82, 2.24) is 5.32 Å². The topological polar surface area (TPSA) is 38.3 Å². The standard InChI is InChI=1S/C31H27NO2/c33-31(34-22-30-28-19-8-6-17-26(28)27-18-7-9-20-29(27)30)32-21-11-10-15-24-14-4-5-16-25(24)23-12-2-1-3-13-23/h1-10,12-20,30H,11,21-22H2,(H,32,33). The maximum atomic E-state index is 12.3. The van der Waals surface area contributed by atoms with Crippen molar-refractivity contribution in [2.75, 3.05) is 13.2 Å². The number of carbonyl (C=O) groups is 1. The molecule has 0 bridgehead atoms. The molecule has 1 aliphatic rings. The number of fused-ring (bicyclic) bond motifs is 3. The van der Waals surface area contributed by atoms with E-state index in [4.69, 9.17) is 4.74 Å². The van der Waals surface area contributed by atoms with Gasteiger partial charge in [-0.1, -0.05) is 115 Å². The molecule has 1 aliphatic carbocycles. The van der Waals surface area contributed by atoms with E-state index in [-0.39, 0.29) is 12.0 Å². The number of rotatable bonds is 7. The summed E-state index contributed by atoms with van der Waals surface area (Å²) in [6.07, 6.45) is 4.56. The van der Waals surface area contributed by atoms with Gasteiger partial charge in [-0.3, -0.25) is 0 Å². The molecule has 0 atom stereocenters. The third-order valence-electron chi connectivity index (χ3n) is 6.27. The van der Waals surface area contributed by atoms with Gasteiger partial charge in [-0.2, -0.15) is 0 Å². The van der Waals surface area contributed by atoms with Crippen LogP contribution < -0.4 is 5.32 Å². The van der Waals surface area contributed by atoms with Crippen LogP contribution >= 0.6 is 0 Å². The second-order valence-electron chi connectivity index (χ2n) is 8.40. The van der Waals surface area contributed by atoms with Gasteiger partial charge in [0.1, 0.15) is 6.61 Å². The van der Waals surface area contributed by atoms with Gasteiger partial charge in [-0.15, -0.1) is 0 Å². The van der Waals surface area contributed by atoms with E-state index >= 15 is 0 Å². The Hall–Kier alpha value is -4.11. The number of hydrogen-bond donors (Lipinski definition) is 1. The molecule has 4 aromatic carbocycles. The molecule has 4 aromatic rings. The van der Waals surface area contributed by atoms with Crippen LogP contribution in [0.1, 0.15) is 29.0 Å². The summed E-state index contributed by atoms with van der Waals surface area (Å²) in [6, 6.07) is 35.4. The Morgan fingerprint density at radius 1 is 0.735 bits per heavy atom. The molecule has 0 aliphatic heterocycles. The van der Waals surface area contributed by atoms with Crippen molar-refractivity contribution in [2.45, 2.75) is 12.3 Å². The summed E-state index contributed by atoms with van der Waals surface area (Å²) in [6.45, 7) is 0.862. The Morgan fingerprint density at radius 2 is 1.32 bits per heavy atom. The van der Waals surface area contributed by atoms with E-state index in [0.717, 1.165) is 12.0 Å². The van der Waals surface area contributed by atoms with Crippen LogP contribution in [-0.2, 0) is 4.74 Å². The number of carbonyl (C=O) groups excluding carboxylic acids is 1. The van der Waals surface area contributed by atoms with Crippen molar-refractivity contribution in [2.24, 2.45) is 0 Å². The van der Waals surface area contributed by atoms with Gasteiger partial charge in [0.15, 0.2) is 0 Å². The first-order chi connectivity index (χ1) is 16.8. The third-order valence-corrected chi connectivity index (χ3v) is 6.27. The van der Waals surface area contributed by atoms with Crippen LogP contribution in [-0.4, -0.2) is 19.2 Å². The second kappa shape index (κ2) is 10.2. The summed E-state index contributed by atoms with van der Waals surface area (Å²) in [5.41, 5.74) is 8.45. The zero-order chi connectivity index (χ0) is 23.2. The third kappa shape index (κ3) is 4.65. The molecule has 0 fully saturated rings. The maximum Gasteiger partial charge on any atom is 0.407 e. The van der Waals surface area contributed by atoms with E-state index in [1.165, 1.54) is 33.4 Å². The normalized spacial score (nSPS) is 12.4. The lowest BCUT2D eigenvalue weighted by Crippen LogP contribution is -2.26. The van der Waals surface area contributed by atoms with Gasteiger partial charge in [-0.25, -0.2) is 4.79 Å². The minimum absolute atomic E-state index is 0.0764. The molecule has 0 spiro atoms. The number of nitrogens with one attached hydrogen (secondary N) is 1. The van der Waals surface area contributed by atoms with Crippen LogP contribution in [0.25, 0.3) is 28.3 Å². The number of ether oxygens (including phenoxy) is 1. The Labute approximate surface area is 200 Å². The first-order valence-corrected chi connectivity index (χ1v) is 11.7. The Bertz CT molecular complexity index is 1260. The van der Waals surface area contributed by atoms with Crippen LogP contribution in [0, 0.1) is 0 Å². The van der Waals surface area contributed by atoms with E-state index in [0.29, 0.717) is 13.2 Å². The van der Waals surface area contributed by atoms with Gasteiger partial charge in [0.25, 0.3) is 0 Å². The Morgan fingerprint density at radius 3 is 2.03 bits per heavy atom. The fourth-order valence-corrected chi connectivity index (χ4v) is 4.64. The number of benzene rings is 4. The molecule has 5 rings (SSSR count). The lowest BCUT2D eigenvalue weighted by atomic mass is 9.98. The summed E-state index contributed by atoms with van der Waals surface area (Å²) in [7, 11) is 0. The predicted molar refractivity (Wildman–Crippen MR) is 139 cm³/mol. The summed E-state index contributed by atoms with van der Waals surface area (Å²) < 4.78 is 5.61. The smallest absolute Gasteiger partial charge is 0.407 e. The maximum absolute atomic E-state index is 12.3. The van der Waals surface area contributed by atoms with Crippen molar-refractivity contribution in [3.05, 3.63) is 126 Å². The van der Waals surface area contributed by atoms with Crippen LogP contribution in [0.5, 0.6) is 0 Å². The summed E-state index contributed by atoms with van der Waals surface area (Å²) in [5.74, 6) is 0.0764. The van der Waals surface area contributed by atoms with Gasteiger partial charge in [0.05, 0.1) is 0 Å². The molecule has 0 heterocycles. The van der Waals surface area contributed by atoms with Crippen LogP contribution in [0.3, 0.4) is 0 Å². The largest absolute Gasteiger partial charge is 0.449 e. The SMILES string of the molecule is O=C(NCCC=Cc1ccccc1-c1ccccc1)OCC1c2ccccc2-c2ccccc21. The van der Waals surface area contributed by atoms with E-state index in [1.807, 2.05) is 36.4 Å². The molecule has 3 nitrogen and oxygen atoms in total. The highest BCUT2D eigenvalue weighted by Crippen LogP contribution is 2.44. The molecular weight excluding hydrogens is 418 g/mol. The van der Waals surface area contributed by atoms with Crippen molar-refractivity contribution >= 4 is 12.2 Å². The number of hydrogen-bond acceptors (Lipinski definition) is 2. The average Bonchev–Trinajstić information content (AvgIpc) is 3.22. The summed E-state index contributed by atoms with van der Waals surface area (Å²) in [5, 5.41) is 2.87. The van der Waals surface area contributed by atoms with Gasteiger partial charge in [0.2, 0.25) is 0 Å². The Kier molecular flexibility index (Phi) is 6.53. The van der Waals surface area contributed by atoms with Crippen molar-refractivity contribution < 1.29 is 9.53 Å². The first-order valence-electron chi connectivity index (χ1n) is 11.7.